The first-order valence-corrected chi connectivity index (χ1v) is 7.66. The topological polar surface area (TPSA) is 95.9 Å². The maximum absolute atomic E-state index is 11.2. The summed E-state index contributed by atoms with van der Waals surface area (Å²) in [7, 11) is 0. The van der Waals surface area contributed by atoms with Crippen LogP contribution in [0.15, 0.2) is 64.8 Å². The summed E-state index contributed by atoms with van der Waals surface area (Å²) in [6, 6.07) is 14.5. The van der Waals surface area contributed by atoms with Crippen molar-refractivity contribution in [2.24, 2.45) is 0 Å². The summed E-state index contributed by atoms with van der Waals surface area (Å²) in [4.78, 5) is 21.9. The van der Waals surface area contributed by atoms with E-state index < -0.39 is 17.6 Å². The van der Waals surface area contributed by atoms with Gasteiger partial charge < -0.3 is 20.3 Å². The van der Waals surface area contributed by atoms with Crippen LogP contribution < -0.4 is 10.1 Å². The maximum Gasteiger partial charge on any atom is 0.352 e. The fourth-order valence-electron chi connectivity index (χ4n) is 1.88. The van der Waals surface area contributed by atoms with Gasteiger partial charge in [0.15, 0.2) is 0 Å². The first kappa shape index (κ1) is 17.6. The number of halogens is 1. The molecule has 3 N–H and O–H groups in total. The molecule has 0 aliphatic rings. The minimum Gasteiger partial charge on any atom is -0.487 e. The zero-order chi connectivity index (χ0) is 17.5. The highest BCUT2D eigenvalue weighted by atomic mass is 79.9. The lowest BCUT2D eigenvalue weighted by Gasteiger charge is -2.14. The summed E-state index contributed by atoms with van der Waals surface area (Å²) < 4.78 is 6.40. The van der Waals surface area contributed by atoms with Crippen LogP contribution in [0.5, 0.6) is 5.75 Å². The van der Waals surface area contributed by atoms with E-state index in [0.29, 0.717) is 28.6 Å². The normalized spacial score (nSPS) is 11.0. The molecule has 0 aliphatic carbocycles. The predicted octanol–water partition coefficient (Wildman–Crippen LogP) is 3.49. The van der Waals surface area contributed by atoms with Crippen molar-refractivity contribution in [1.82, 2.24) is 0 Å². The van der Waals surface area contributed by atoms with Crippen LogP contribution in [0.2, 0.25) is 0 Å². The number of carbonyl (C=O) groups is 2. The van der Waals surface area contributed by atoms with Crippen LogP contribution in [0.1, 0.15) is 5.56 Å². The van der Waals surface area contributed by atoms with Crippen LogP contribution in [0.25, 0.3) is 0 Å². The van der Waals surface area contributed by atoms with Gasteiger partial charge in [-0.2, -0.15) is 0 Å². The van der Waals surface area contributed by atoms with Crippen LogP contribution >= 0.6 is 15.9 Å². The highest BCUT2D eigenvalue weighted by molar-refractivity contribution is 9.10. The van der Waals surface area contributed by atoms with Gasteiger partial charge >= 0.3 is 11.9 Å². The van der Waals surface area contributed by atoms with Crippen LogP contribution in [0.3, 0.4) is 0 Å². The molecule has 0 saturated heterocycles. The molecule has 2 aromatic rings. The third-order valence-corrected chi connectivity index (χ3v) is 3.44. The van der Waals surface area contributed by atoms with E-state index in [-0.39, 0.29) is 0 Å². The van der Waals surface area contributed by atoms with Crippen LogP contribution in [0, 0.1) is 0 Å². The van der Waals surface area contributed by atoms with Crippen molar-refractivity contribution in [3.63, 3.8) is 0 Å². The Hall–Kier alpha value is -2.80. The molecule has 0 radical (unpaired) electrons. The van der Waals surface area contributed by atoms with Gasteiger partial charge in [0.25, 0.3) is 0 Å². The molecule has 0 atom stereocenters. The summed E-state index contributed by atoms with van der Waals surface area (Å²) in [6.45, 7) is 0.294. The Balaban J connectivity index is 2.23. The first-order chi connectivity index (χ1) is 11.5. The molecule has 7 heteroatoms. The predicted molar refractivity (Wildman–Crippen MR) is 91.9 cm³/mol. The molecule has 0 aromatic heterocycles. The number of rotatable bonds is 7. The van der Waals surface area contributed by atoms with Crippen molar-refractivity contribution in [2.75, 3.05) is 5.32 Å². The molecular formula is C17H14BrNO5. The fraction of sp³-hybridized carbons (Fsp3) is 0.0588. The van der Waals surface area contributed by atoms with Crippen molar-refractivity contribution in [1.29, 1.82) is 0 Å². The number of hydrogen-bond acceptors (Lipinski definition) is 4. The molecule has 0 amide bonds. The zero-order valence-corrected chi connectivity index (χ0v) is 14.0. The lowest BCUT2D eigenvalue weighted by molar-refractivity contribution is -0.134. The molecule has 0 heterocycles. The monoisotopic (exact) mass is 391 g/mol. The second-order valence-electron chi connectivity index (χ2n) is 4.74. The molecule has 2 rings (SSSR count). The van der Waals surface area contributed by atoms with Crippen LogP contribution in [-0.4, -0.2) is 22.2 Å². The van der Waals surface area contributed by atoms with Gasteiger partial charge in [-0.3, -0.25) is 0 Å². The van der Waals surface area contributed by atoms with E-state index in [1.807, 2.05) is 30.3 Å². The second kappa shape index (κ2) is 8.16. The molecule has 0 unspecified atom stereocenters. The van der Waals surface area contributed by atoms with Gasteiger partial charge in [-0.1, -0.05) is 46.3 Å². The molecule has 6 nitrogen and oxygen atoms in total. The molecular weight excluding hydrogens is 378 g/mol. The molecule has 0 aliphatic heterocycles. The van der Waals surface area contributed by atoms with Gasteiger partial charge in [-0.15, -0.1) is 0 Å². The van der Waals surface area contributed by atoms with E-state index in [0.717, 1.165) is 5.56 Å². The molecule has 0 spiro atoms. The number of aliphatic carboxylic acids is 2. The van der Waals surface area contributed by atoms with Crippen molar-refractivity contribution in [2.45, 2.75) is 6.61 Å². The number of ether oxygens (including phenoxy) is 1. The highest BCUT2D eigenvalue weighted by Gasteiger charge is 2.13. The van der Waals surface area contributed by atoms with Gasteiger partial charge in [-0.05, 0) is 23.8 Å². The van der Waals surface area contributed by atoms with E-state index in [1.165, 1.54) is 0 Å². The van der Waals surface area contributed by atoms with E-state index in [9.17, 15) is 9.59 Å². The van der Waals surface area contributed by atoms with E-state index in [1.54, 1.807) is 18.2 Å². The summed E-state index contributed by atoms with van der Waals surface area (Å²) >= 11 is 3.29. The fourth-order valence-corrected chi connectivity index (χ4v) is 2.24. The van der Waals surface area contributed by atoms with E-state index in [4.69, 9.17) is 14.9 Å². The average molecular weight is 392 g/mol. The Bertz CT molecular complexity index is 774. The Morgan fingerprint density at radius 1 is 1.12 bits per heavy atom. The minimum atomic E-state index is -1.38. The van der Waals surface area contributed by atoms with E-state index >= 15 is 0 Å². The maximum atomic E-state index is 11.2. The van der Waals surface area contributed by atoms with Crippen molar-refractivity contribution >= 4 is 33.6 Å². The average Bonchev–Trinajstić information content (AvgIpc) is 2.54. The molecule has 0 fully saturated rings. The quantitative estimate of drug-likeness (QED) is 0.625. The Morgan fingerprint density at radius 3 is 2.46 bits per heavy atom. The zero-order valence-electron chi connectivity index (χ0n) is 12.4. The third-order valence-electron chi connectivity index (χ3n) is 2.95. The summed E-state index contributed by atoms with van der Waals surface area (Å²) in [5.41, 5.74) is 0.825. The number of carboxylic acid groups (broad SMARTS) is 2. The van der Waals surface area contributed by atoms with Gasteiger partial charge in [0.2, 0.25) is 0 Å². The standard InChI is InChI=1S/C17H14BrNO5/c18-12-6-7-15(24-10-11-4-2-1-3-5-11)13(8-12)19-14(17(22)23)9-16(20)21/h1-9,19H,10H2,(H,20,21)(H,22,23)/b14-9-. The van der Waals surface area contributed by atoms with Gasteiger partial charge in [0.05, 0.1) is 11.8 Å². The van der Waals surface area contributed by atoms with E-state index in [2.05, 4.69) is 21.2 Å². The van der Waals surface area contributed by atoms with Crippen molar-refractivity contribution in [3.8, 4) is 5.75 Å². The number of carboxylic acids is 2. The van der Waals surface area contributed by atoms with Crippen molar-refractivity contribution < 1.29 is 24.5 Å². The first-order valence-electron chi connectivity index (χ1n) is 6.87. The van der Waals surface area contributed by atoms with Gasteiger partial charge in [0.1, 0.15) is 18.1 Å². The Labute approximate surface area is 146 Å². The third kappa shape index (κ3) is 5.13. The second-order valence-corrected chi connectivity index (χ2v) is 5.66. The molecule has 2 aromatic carbocycles. The van der Waals surface area contributed by atoms with Gasteiger partial charge in [0, 0.05) is 4.47 Å². The summed E-state index contributed by atoms with van der Waals surface area (Å²) in [6.07, 6.45) is 0.588. The van der Waals surface area contributed by atoms with Gasteiger partial charge in [-0.25, -0.2) is 9.59 Å². The number of nitrogens with one attached hydrogen (secondary N) is 1. The number of hydrogen-bond donors (Lipinski definition) is 3. The molecule has 0 bridgehead atoms. The molecule has 124 valence electrons. The Morgan fingerprint density at radius 2 is 1.83 bits per heavy atom. The SMILES string of the molecule is O=C(O)/C=C(\Nc1cc(Br)ccc1OCc1ccccc1)C(=O)O. The summed E-state index contributed by atoms with van der Waals surface area (Å²) in [5, 5.41) is 20.5. The number of anilines is 1. The largest absolute Gasteiger partial charge is 0.487 e. The highest BCUT2D eigenvalue weighted by Crippen LogP contribution is 2.30. The van der Waals surface area contributed by atoms with Crippen LogP contribution in [0.4, 0.5) is 5.69 Å². The van der Waals surface area contributed by atoms with Crippen molar-refractivity contribution in [3.05, 3.63) is 70.3 Å². The molecule has 0 saturated carbocycles. The smallest absolute Gasteiger partial charge is 0.352 e. The van der Waals surface area contributed by atoms with Crippen LogP contribution in [-0.2, 0) is 16.2 Å². The minimum absolute atomic E-state index is 0.294. The number of benzene rings is 2. The molecule has 24 heavy (non-hydrogen) atoms. The lowest BCUT2D eigenvalue weighted by Crippen LogP contribution is -2.13. The lowest BCUT2D eigenvalue weighted by atomic mass is 10.2. The Kier molecular flexibility index (Phi) is 5.97. The summed E-state index contributed by atoms with van der Waals surface area (Å²) in [5.74, 6) is -2.34.